The Labute approximate surface area is 113 Å². The van der Waals surface area contributed by atoms with Crippen LogP contribution in [0, 0.1) is 11.3 Å². The van der Waals surface area contributed by atoms with Crippen molar-refractivity contribution in [3.8, 4) is 6.07 Å². The predicted molar refractivity (Wildman–Crippen MR) is 73.2 cm³/mol. The molecule has 0 aliphatic carbocycles. The Balaban J connectivity index is 2.42. The summed E-state index contributed by atoms with van der Waals surface area (Å²) in [6.07, 6.45) is 1.64. The minimum absolute atomic E-state index is 0.0234. The molecule has 1 aliphatic rings. The molecule has 19 heavy (non-hydrogen) atoms. The number of benzene rings is 1. The molecule has 4 heteroatoms. The molecular formula is C15H18N2O2. The number of nitrogens with zero attached hydrogens (tertiary/aromatic N) is 2. The molecule has 4 nitrogen and oxygen atoms in total. The van der Waals surface area contributed by atoms with Crippen LogP contribution in [-0.2, 0) is 0 Å². The van der Waals surface area contributed by atoms with Crippen LogP contribution < -0.4 is 4.90 Å². The first kappa shape index (κ1) is 13.6. The fourth-order valence-electron chi connectivity index (χ4n) is 2.59. The largest absolute Gasteiger partial charge is 0.388 e. The van der Waals surface area contributed by atoms with Gasteiger partial charge < -0.3 is 10.0 Å². The number of rotatable bonds is 2. The van der Waals surface area contributed by atoms with Gasteiger partial charge in [-0.15, -0.1) is 0 Å². The van der Waals surface area contributed by atoms with Gasteiger partial charge in [-0.25, -0.2) is 0 Å². The van der Waals surface area contributed by atoms with Crippen LogP contribution in [0.15, 0.2) is 18.2 Å². The van der Waals surface area contributed by atoms with Crippen molar-refractivity contribution in [2.45, 2.75) is 32.3 Å². The summed E-state index contributed by atoms with van der Waals surface area (Å²) >= 11 is 0. The minimum atomic E-state index is -0.741. The highest BCUT2D eigenvalue weighted by molar-refractivity contribution is 6.00. The zero-order chi connectivity index (χ0) is 14.0. The Kier molecular flexibility index (Phi) is 3.59. The number of carbonyl (C=O) groups excluding carboxylic acids is 1. The lowest BCUT2D eigenvalue weighted by atomic mass is 9.93. The monoisotopic (exact) mass is 258 g/mol. The summed E-state index contributed by atoms with van der Waals surface area (Å²) in [5, 5.41) is 19.2. The third-order valence-electron chi connectivity index (χ3n) is 3.52. The van der Waals surface area contributed by atoms with Crippen LogP contribution in [0.3, 0.4) is 0 Å². The van der Waals surface area contributed by atoms with Crippen LogP contribution in [0.4, 0.5) is 5.69 Å². The molecule has 1 N–H and O–H groups in total. The van der Waals surface area contributed by atoms with Crippen molar-refractivity contribution in [3.05, 3.63) is 29.3 Å². The first-order chi connectivity index (χ1) is 8.93. The van der Waals surface area contributed by atoms with Crippen molar-refractivity contribution in [2.24, 2.45) is 0 Å². The van der Waals surface area contributed by atoms with Crippen LogP contribution in [0.5, 0.6) is 0 Å². The van der Waals surface area contributed by atoms with Crippen LogP contribution >= 0.6 is 0 Å². The average molecular weight is 258 g/mol. The molecule has 1 aromatic rings. The molecule has 1 fully saturated rings. The van der Waals surface area contributed by atoms with Gasteiger partial charge in [0.1, 0.15) is 0 Å². The Morgan fingerprint density at radius 1 is 1.53 bits per heavy atom. The molecule has 1 saturated heterocycles. The van der Waals surface area contributed by atoms with Gasteiger partial charge in [0.05, 0.1) is 17.2 Å². The van der Waals surface area contributed by atoms with Gasteiger partial charge in [-0.1, -0.05) is 0 Å². The van der Waals surface area contributed by atoms with Gasteiger partial charge in [-0.05, 0) is 44.9 Å². The number of anilines is 1. The highest BCUT2D eigenvalue weighted by atomic mass is 16.3. The molecule has 0 saturated carbocycles. The van der Waals surface area contributed by atoms with E-state index in [-0.39, 0.29) is 5.78 Å². The second-order valence-corrected chi connectivity index (χ2v) is 5.42. The van der Waals surface area contributed by atoms with Crippen LogP contribution in [0.25, 0.3) is 0 Å². The number of Topliss-reactive ketones (excluding diaryl/α,β-unsaturated/α-hetero) is 1. The molecule has 0 bridgehead atoms. The van der Waals surface area contributed by atoms with Gasteiger partial charge in [0.2, 0.25) is 0 Å². The lowest BCUT2D eigenvalue weighted by Crippen LogP contribution is -2.46. The van der Waals surface area contributed by atoms with E-state index in [0.29, 0.717) is 17.7 Å². The Morgan fingerprint density at radius 3 is 2.84 bits per heavy atom. The second-order valence-electron chi connectivity index (χ2n) is 5.42. The minimum Gasteiger partial charge on any atom is -0.388 e. The normalized spacial score (nSPS) is 22.9. The van der Waals surface area contributed by atoms with Gasteiger partial charge in [-0.3, -0.25) is 4.79 Å². The van der Waals surface area contributed by atoms with E-state index in [9.17, 15) is 9.90 Å². The molecule has 1 atom stereocenters. The van der Waals surface area contributed by atoms with Gasteiger partial charge in [0, 0.05) is 24.3 Å². The molecule has 2 rings (SSSR count). The Bertz CT molecular complexity index is 544. The maximum Gasteiger partial charge on any atom is 0.161 e. The number of nitriles is 1. The zero-order valence-corrected chi connectivity index (χ0v) is 11.3. The molecule has 1 aromatic carbocycles. The van der Waals surface area contributed by atoms with E-state index in [1.54, 1.807) is 25.1 Å². The molecule has 0 radical (unpaired) electrons. The first-order valence-electron chi connectivity index (χ1n) is 6.45. The quantitative estimate of drug-likeness (QED) is 0.825. The number of carbonyl (C=O) groups is 1. The summed E-state index contributed by atoms with van der Waals surface area (Å²) in [5.41, 5.74) is 1.16. The van der Waals surface area contributed by atoms with Crippen molar-refractivity contribution in [1.29, 1.82) is 5.26 Å². The van der Waals surface area contributed by atoms with E-state index < -0.39 is 5.60 Å². The molecule has 0 spiro atoms. The highest BCUT2D eigenvalue weighted by Gasteiger charge is 2.29. The van der Waals surface area contributed by atoms with Gasteiger partial charge in [0.25, 0.3) is 0 Å². The maximum atomic E-state index is 11.7. The van der Waals surface area contributed by atoms with E-state index >= 15 is 0 Å². The SMILES string of the molecule is CC(=O)c1ccc(C#N)cc1N1CCCC(C)(O)C1. The maximum absolute atomic E-state index is 11.7. The van der Waals surface area contributed by atoms with Crippen molar-refractivity contribution < 1.29 is 9.90 Å². The van der Waals surface area contributed by atoms with E-state index in [4.69, 9.17) is 5.26 Å². The molecule has 0 amide bonds. The Morgan fingerprint density at radius 2 is 2.26 bits per heavy atom. The van der Waals surface area contributed by atoms with Gasteiger partial charge in [-0.2, -0.15) is 5.26 Å². The fourth-order valence-corrected chi connectivity index (χ4v) is 2.59. The van der Waals surface area contributed by atoms with Gasteiger partial charge >= 0.3 is 0 Å². The van der Waals surface area contributed by atoms with E-state index in [2.05, 4.69) is 6.07 Å². The average Bonchev–Trinajstić information content (AvgIpc) is 2.36. The predicted octanol–water partition coefficient (Wildman–Crippen LogP) is 2.11. The summed E-state index contributed by atoms with van der Waals surface area (Å²) in [4.78, 5) is 13.7. The fraction of sp³-hybridized carbons (Fsp3) is 0.467. The number of β-amino-alcohol motifs (C(OH)–C–C–N with tert-alkyl or cyclic N) is 1. The van der Waals surface area contributed by atoms with E-state index in [0.717, 1.165) is 25.1 Å². The molecule has 100 valence electrons. The van der Waals surface area contributed by atoms with Crippen molar-refractivity contribution >= 4 is 11.5 Å². The van der Waals surface area contributed by atoms with Crippen molar-refractivity contribution in [3.63, 3.8) is 0 Å². The third-order valence-corrected chi connectivity index (χ3v) is 3.52. The van der Waals surface area contributed by atoms with Crippen LogP contribution in [0.2, 0.25) is 0 Å². The first-order valence-corrected chi connectivity index (χ1v) is 6.45. The second kappa shape index (κ2) is 5.02. The molecule has 1 aliphatic heterocycles. The number of hydrogen-bond donors (Lipinski definition) is 1. The number of aliphatic hydroxyl groups is 1. The van der Waals surface area contributed by atoms with Crippen LogP contribution in [-0.4, -0.2) is 29.6 Å². The van der Waals surface area contributed by atoms with Crippen molar-refractivity contribution in [1.82, 2.24) is 0 Å². The van der Waals surface area contributed by atoms with E-state index in [1.165, 1.54) is 6.92 Å². The number of hydrogen-bond acceptors (Lipinski definition) is 4. The number of ketones is 1. The lowest BCUT2D eigenvalue weighted by molar-refractivity contribution is 0.0448. The molecule has 1 heterocycles. The topological polar surface area (TPSA) is 64.3 Å². The molecule has 1 unspecified atom stereocenters. The Hall–Kier alpha value is -1.86. The van der Waals surface area contributed by atoms with Crippen molar-refractivity contribution in [2.75, 3.05) is 18.0 Å². The van der Waals surface area contributed by atoms with Crippen LogP contribution in [0.1, 0.15) is 42.6 Å². The lowest BCUT2D eigenvalue weighted by Gasteiger charge is -2.39. The van der Waals surface area contributed by atoms with Gasteiger partial charge in [0.15, 0.2) is 5.78 Å². The molecular weight excluding hydrogens is 240 g/mol. The summed E-state index contributed by atoms with van der Waals surface area (Å²) in [6.45, 7) is 4.61. The third kappa shape index (κ3) is 2.94. The zero-order valence-electron chi connectivity index (χ0n) is 11.3. The molecule has 0 aromatic heterocycles. The summed E-state index contributed by atoms with van der Waals surface area (Å²) < 4.78 is 0. The van der Waals surface area contributed by atoms with E-state index in [1.807, 2.05) is 4.90 Å². The summed E-state index contributed by atoms with van der Waals surface area (Å²) in [7, 11) is 0. The smallest absolute Gasteiger partial charge is 0.161 e. The standard InChI is InChI=1S/C15H18N2O2/c1-11(18)13-5-4-12(9-16)8-14(13)17-7-3-6-15(2,19)10-17/h4-5,8,19H,3,6-7,10H2,1-2H3. The highest BCUT2D eigenvalue weighted by Crippen LogP contribution is 2.29. The summed E-state index contributed by atoms with van der Waals surface area (Å²) in [6, 6.07) is 7.18. The number of piperidine rings is 1. The summed E-state index contributed by atoms with van der Waals surface area (Å²) in [5.74, 6) is -0.0234.